The fraction of sp³-hybridized carbons (Fsp3) is 0.500. The molecule has 0 aliphatic heterocycles. The minimum Gasteiger partial charge on any atom is -0.485 e. The third-order valence-corrected chi connectivity index (χ3v) is 7.38. The first-order valence-corrected chi connectivity index (χ1v) is 11.5. The number of H-pyrrole nitrogens is 1. The van der Waals surface area contributed by atoms with Crippen LogP contribution in [-0.4, -0.2) is 21.3 Å². The van der Waals surface area contributed by atoms with Crippen LogP contribution in [0.15, 0.2) is 27.5 Å². The van der Waals surface area contributed by atoms with Crippen LogP contribution in [0.1, 0.15) is 66.6 Å². The maximum absolute atomic E-state index is 14.6. The first-order valence-electron chi connectivity index (χ1n) is 10.7. The van der Waals surface area contributed by atoms with Gasteiger partial charge < -0.3 is 4.74 Å². The number of hydrogen-bond donors (Lipinski definition) is 1. The molecule has 4 rings (SSSR count). The number of aromatic nitrogens is 3. The summed E-state index contributed by atoms with van der Waals surface area (Å²) in [7, 11) is 0. The first kappa shape index (κ1) is 23.5. The smallest absolute Gasteiger partial charge is 0.439 e. The topological polar surface area (TPSA) is 81.0 Å². The largest absolute Gasteiger partial charge is 0.485 e. The molecule has 1 unspecified atom stereocenters. The molecule has 11 heteroatoms. The summed E-state index contributed by atoms with van der Waals surface area (Å²) in [6.07, 6.45) is -2.74. The highest BCUT2D eigenvalue weighted by Crippen LogP contribution is 2.45. The maximum Gasteiger partial charge on any atom is 0.439 e. The van der Waals surface area contributed by atoms with E-state index in [0.29, 0.717) is 25.0 Å². The summed E-state index contributed by atoms with van der Waals surface area (Å²) in [5.74, 6) is -2.34. The Morgan fingerprint density at radius 1 is 1.27 bits per heavy atom. The molecule has 6 nitrogen and oxygen atoms in total. The Balaban J connectivity index is 1.48. The van der Waals surface area contributed by atoms with Gasteiger partial charge in [0.1, 0.15) is 17.7 Å². The van der Waals surface area contributed by atoms with Gasteiger partial charge in [-0.15, -0.1) is 11.3 Å². The van der Waals surface area contributed by atoms with Crippen LogP contribution in [0.5, 0.6) is 5.75 Å². The molecule has 2 heterocycles. The van der Waals surface area contributed by atoms with Gasteiger partial charge in [-0.1, -0.05) is 12.1 Å². The lowest BCUT2D eigenvalue weighted by Crippen LogP contribution is -2.27. The van der Waals surface area contributed by atoms with E-state index in [1.807, 2.05) is 13.8 Å². The Labute approximate surface area is 191 Å². The number of halogens is 4. The molecular formula is C22H23F4N3O3S. The normalized spacial score (nSPS) is 20.1. The third-order valence-electron chi connectivity index (χ3n) is 5.97. The van der Waals surface area contributed by atoms with Gasteiger partial charge in [0, 0.05) is 12.0 Å². The molecule has 1 aromatic carbocycles. The zero-order chi connectivity index (χ0) is 23.8. The van der Waals surface area contributed by atoms with Crippen LogP contribution in [0.4, 0.5) is 17.6 Å². The number of aromatic amines is 1. The van der Waals surface area contributed by atoms with E-state index in [2.05, 4.69) is 19.6 Å². The van der Waals surface area contributed by atoms with Gasteiger partial charge in [0.25, 0.3) is 0 Å². The summed E-state index contributed by atoms with van der Waals surface area (Å²) in [6.45, 7) is 3.79. The van der Waals surface area contributed by atoms with Crippen LogP contribution in [0, 0.1) is 18.7 Å². The predicted octanol–water partition coefficient (Wildman–Crippen LogP) is 6.30. The molecule has 1 N–H and O–H groups in total. The van der Waals surface area contributed by atoms with Crippen LogP contribution in [-0.2, 0) is 0 Å². The fourth-order valence-corrected chi connectivity index (χ4v) is 5.51. The highest BCUT2D eigenvalue weighted by molar-refractivity contribution is 7.11. The van der Waals surface area contributed by atoms with Gasteiger partial charge in [0.15, 0.2) is 5.82 Å². The van der Waals surface area contributed by atoms with Crippen molar-refractivity contribution in [2.75, 3.05) is 0 Å². The first-order chi connectivity index (χ1) is 15.7. The Bertz CT molecular complexity index is 1160. The second kappa shape index (κ2) is 9.28. The fourth-order valence-electron chi connectivity index (χ4n) is 4.16. The highest BCUT2D eigenvalue weighted by atomic mass is 32.1. The van der Waals surface area contributed by atoms with E-state index in [4.69, 9.17) is 4.74 Å². The number of ether oxygens (including phenoxy) is 1. The van der Waals surface area contributed by atoms with Gasteiger partial charge in [0.05, 0.1) is 27.1 Å². The molecule has 1 aliphatic carbocycles. The molecule has 0 radical (unpaired) electrons. The molecule has 1 fully saturated rings. The van der Waals surface area contributed by atoms with Crippen LogP contribution in [0.3, 0.4) is 0 Å². The molecule has 178 valence electrons. The van der Waals surface area contributed by atoms with E-state index in [1.165, 1.54) is 23.5 Å². The summed E-state index contributed by atoms with van der Waals surface area (Å²) in [5, 5.41) is 4.32. The number of nitrogens with one attached hydrogen (secondary N) is 1. The van der Waals surface area contributed by atoms with Gasteiger partial charge in [-0.3, -0.25) is 9.51 Å². The quantitative estimate of drug-likeness (QED) is 0.415. The number of alkyl halides is 3. The van der Waals surface area contributed by atoms with Gasteiger partial charge in [0.2, 0.25) is 0 Å². The summed E-state index contributed by atoms with van der Waals surface area (Å²) in [5.41, 5.74) is 0.851. The van der Waals surface area contributed by atoms with Gasteiger partial charge >= 0.3 is 11.9 Å². The molecule has 0 amide bonds. The van der Waals surface area contributed by atoms with Crippen LogP contribution in [0.2, 0.25) is 0 Å². The molecule has 0 bridgehead atoms. The van der Waals surface area contributed by atoms with Crippen LogP contribution in [0.25, 0.3) is 11.4 Å². The Morgan fingerprint density at radius 2 is 2.00 bits per heavy atom. The van der Waals surface area contributed by atoms with E-state index in [0.717, 1.165) is 15.6 Å². The van der Waals surface area contributed by atoms with Crippen molar-refractivity contribution >= 4 is 11.3 Å². The van der Waals surface area contributed by atoms with E-state index in [-0.39, 0.29) is 36.3 Å². The molecule has 2 aromatic heterocycles. The SMILES string of the molecule is CCC(Oc1ccc(-c2noc(=O)[nH]2)c(F)c1)c1sc(C2CCC(C(F)(F)F)CC2)nc1C. The van der Waals surface area contributed by atoms with Crippen molar-refractivity contribution in [3.05, 3.63) is 50.1 Å². The zero-order valence-corrected chi connectivity index (χ0v) is 18.9. The Hall–Kier alpha value is -2.69. The van der Waals surface area contributed by atoms with E-state index in [1.54, 1.807) is 6.07 Å². The second-order valence-electron chi connectivity index (χ2n) is 8.19. The standard InChI is InChI=1S/C22H23F4N3O3S/c1-3-17(31-14-8-9-15(16(23)10-14)19-28-21(30)32-29-19)18-11(2)27-20(33-18)12-4-6-13(7-5-12)22(24,25)26/h8-10,12-13,17H,3-7H2,1-2H3,(H,28,29,30). The van der Waals surface area contributed by atoms with Crippen molar-refractivity contribution in [2.45, 2.75) is 64.1 Å². The molecule has 33 heavy (non-hydrogen) atoms. The summed E-state index contributed by atoms with van der Waals surface area (Å²) in [4.78, 5) is 18.9. The number of hydrogen-bond acceptors (Lipinski definition) is 6. The lowest BCUT2D eigenvalue weighted by atomic mass is 9.82. The Morgan fingerprint density at radius 3 is 2.58 bits per heavy atom. The lowest BCUT2D eigenvalue weighted by molar-refractivity contribution is -0.182. The second-order valence-corrected chi connectivity index (χ2v) is 9.25. The summed E-state index contributed by atoms with van der Waals surface area (Å²) < 4.78 is 63.9. The van der Waals surface area contributed by atoms with Crippen LogP contribution >= 0.6 is 11.3 Å². The number of thiazole rings is 1. The monoisotopic (exact) mass is 485 g/mol. The predicted molar refractivity (Wildman–Crippen MR) is 114 cm³/mol. The molecule has 1 saturated carbocycles. The van der Waals surface area contributed by atoms with Crippen LogP contribution < -0.4 is 10.5 Å². The minimum absolute atomic E-state index is 0.0138. The zero-order valence-electron chi connectivity index (χ0n) is 18.0. The van der Waals surface area contributed by atoms with Crippen molar-refractivity contribution in [2.24, 2.45) is 5.92 Å². The Kier molecular flexibility index (Phi) is 6.60. The average molecular weight is 486 g/mol. The number of rotatable bonds is 6. The average Bonchev–Trinajstić information content (AvgIpc) is 3.37. The molecule has 3 aromatic rings. The molecule has 1 aliphatic rings. The van der Waals surface area contributed by atoms with E-state index in [9.17, 15) is 22.4 Å². The van der Waals surface area contributed by atoms with E-state index >= 15 is 0 Å². The number of benzene rings is 1. The molecule has 1 atom stereocenters. The third kappa shape index (κ3) is 5.13. The number of nitrogens with zero attached hydrogens (tertiary/aromatic N) is 2. The lowest BCUT2D eigenvalue weighted by Gasteiger charge is -2.28. The summed E-state index contributed by atoms with van der Waals surface area (Å²) in [6, 6.07) is 4.22. The molecule has 0 saturated heterocycles. The minimum atomic E-state index is -4.14. The molecular weight excluding hydrogens is 462 g/mol. The summed E-state index contributed by atoms with van der Waals surface area (Å²) >= 11 is 1.46. The van der Waals surface area contributed by atoms with E-state index < -0.39 is 23.7 Å². The van der Waals surface area contributed by atoms with Crippen molar-refractivity contribution in [1.29, 1.82) is 0 Å². The van der Waals surface area contributed by atoms with Crippen molar-refractivity contribution in [1.82, 2.24) is 15.1 Å². The van der Waals surface area contributed by atoms with Crippen molar-refractivity contribution in [3.8, 4) is 17.1 Å². The highest BCUT2D eigenvalue weighted by Gasteiger charge is 2.42. The van der Waals surface area contributed by atoms with Gasteiger partial charge in [-0.05, 0) is 51.2 Å². The molecule has 0 spiro atoms. The van der Waals surface area contributed by atoms with Gasteiger partial charge in [-0.25, -0.2) is 14.2 Å². The maximum atomic E-state index is 14.6. The number of aryl methyl sites for hydroxylation is 1. The van der Waals surface area contributed by atoms with Crippen molar-refractivity contribution < 1.29 is 26.8 Å². The van der Waals surface area contributed by atoms with Gasteiger partial charge in [-0.2, -0.15) is 13.2 Å². The van der Waals surface area contributed by atoms with Crippen molar-refractivity contribution in [3.63, 3.8) is 0 Å².